The summed E-state index contributed by atoms with van der Waals surface area (Å²) >= 11 is 17.8. The Kier molecular flexibility index (Phi) is 4.08. The van der Waals surface area contributed by atoms with Crippen molar-refractivity contribution >= 4 is 45.8 Å². The Morgan fingerprint density at radius 2 is 1.65 bits per heavy atom. The van der Waals surface area contributed by atoms with E-state index in [0.29, 0.717) is 5.02 Å². The molecular formula is C14H6Cl3F3N2O. The fraction of sp³-hybridized carbons (Fsp3) is 0.0714. The molecular weight excluding hydrogens is 376 g/mol. The van der Waals surface area contributed by atoms with Crippen molar-refractivity contribution in [2.45, 2.75) is 6.18 Å². The second kappa shape index (κ2) is 5.78. The molecule has 0 amide bonds. The number of fused-ring (bicyclic) bond motifs is 1. The minimum atomic E-state index is -4.58. The number of hydrogen-bond donors (Lipinski definition) is 1. The normalized spacial score (nSPS) is 11.9. The van der Waals surface area contributed by atoms with Crippen molar-refractivity contribution < 1.29 is 17.9 Å². The molecule has 2 aromatic carbocycles. The van der Waals surface area contributed by atoms with Crippen LogP contribution in [0.15, 0.2) is 30.3 Å². The highest BCUT2D eigenvalue weighted by Gasteiger charge is 2.34. The van der Waals surface area contributed by atoms with Gasteiger partial charge in [-0.3, -0.25) is 0 Å². The number of alkyl halides is 3. The van der Waals surface area contributed by atoms with Crippen molar-refractivity contribution in [3.05, 3.63) is 51.2 Å². The molecule has 0 unspecified atom stereocenters. The van der Waals surface area contributed by atoms with Crippen LogP contribution in [0.4, 0.5) is 13.2 Å². The molecule has 3 rings (SSSR count). The fourth-order valence-electron chi connectivity index (χ4n) is 1.90. The third-order valence-electron chi connectivity index (χ3n) is 2.92. The van der Waals surface area contributed by atoms with Crippen molar-refractivity contribution in [3.8, 4) is 11.5 Å². The summed E-state index contributed by atoms with van der Waals surface area (Å²) in [7, 11) is 0. The summed E-state index contributed by atoms with van der Waals surface area (Å²) in [6, 6.07) is 7.17. The van der Waals surface area contributed by atoms with Gasteiger partial charge in [0.2, 0.25) is 5.82 Å². The first-order chi connectivity index (χ1) is 10.7. The maximum atomic E-state index is 12.7. The summed E-state index contributed by atoms with van der Waals surface area (Å²) in [5.74, 6) is -0.695. The molecule has 1 aromatic heterocycles. The smallest absolute Gasteiger partial charge is 0.449 e. The van der Waals surface area contributed by atoms with Crippen LogP contribution in [0.2, 0.25) is 15.1 Å². The summed E-state index contributed by atoms with van der Waals surface area (Å²) < 4.78 is 43.6. The zero-order chi connectivity index (χ0) is 16.8. The molecule has 23 heavy (non-hydrogen) atoms. The molecule has 120 valence electrons. The highest BCUT2D eigenvalue weighted by molar-refractivity contribution is 6.35. The van der Waals surface area contributed by atoms with Crippen LogP contribution >= 0.6 is 34.8 Å². The predicted octanol–water partition coefficient (Wildman–Crippen LogP) is 6.33. The third-order valence-corrected chi connectivity index (χ3v) is 3.74. The molecule has 0 fully saturated rings. The molecule has 0 aliphatic rings. The van der Waals surface area contributed by atoms with Crippen LogP contribution in [-0.2, 0) is 6.18 Å². The maximum absolute atomic E-state index is 12.7. The molecule has 0 bridgehead atoms. The zero-order valence-corrected chi connectivity index (χ0v) is 13.3. The summed E-state index contributed by atoms with van der Waals surface area (Å²) in [4.78, 5) is 5.64. The van der Waals surface area contributed by atoms with E-state index in [9.17, 15) is 13.2 Å². The number of hydrogen-bond acceptors (Lipinski definition) is 2. The molecule has 0 saturated heterocycles. The van der Waals surface area contributed by atoms with Gasteiger partial charge in [0.05, 0.1) is 21.1 Å². The molecule has 0 spiro atoms. The molecule has 1 N–H and O–H groups in total. The van der Waals surface area contributed by atoms with E-state index in [0.717, 1.165) is 0 Å². The zero-order valence-electron chi connectivity index (χ0n) is 11.0. The van der Waals surface area contributed by atoms with Gasteiger partial charge in [-0.25, -0.2) is 4.98 Å². The summed E-state index contributed by atoms with van der Waals surface area (Å²) in [5, 5.41) is 0.769. The van der Waals surface area contributed by atoms with Gasteiger partial charge in [0.25, 0.3) is 0 Å². The number of aromatic nitrogens is 2. The number of nitrogens with one attached hydrogen (secondary N) is 1. The molecule has 0 aliphatic heterocycles. The summed E-state index contributed by atoms with van der Waals surface area (Å²) in [6.45, 7) is 0. The lowest BCUT2D eigenvalue weighted by Crippen LogP contribution is -2.06. The Morgan fingerprint density at radius 1 is 0.957 bits per heavy atom. The van der Waals surface area contributed by atoms with Gasteiger partial charge in [0.1, 0.15) is 11.5 Å². The number of H-pyrrole nitrogens is 1. The average molecular weight is 382 g/mol. The van der Waals surface area contributed by atoms with E-state index in [4.69, 9.17) is 39.5 Å². The van der Waals surface area contributed by atoms with Crippen LogP contribution in [0.5, 0.6) is 11.5 Å². The second-order valence-corrected chi connectivity index (χ2v) is 5.81. The number of aromatic amines is 1. The Bertz CT molecular complexity index is 893. The van der Waals surface area contributed by atoms with Crippen molar-refractivity contribution in [2.24, 2.45) is 0 Å². The summed E-state index contributed by atoms with van der Waals surface area (Å²) in [6.07, 6.45) is -4.58. The standard InChI is InChI=1S/C14H6Cl3F3N2O/c15-6-1-2-11(7(16)3-6)23-12-5-10-9(4-8(12)17)21-13(22-10)14(18,19)20/h1-5H,(H,21,22). The SMILES string of the molecule is FC(F)(F)c1nc2cc(Cl)c(Oc3ccc(Cl)cc3Cl)cc2[nH]1. The first-order valence-electron chi connectivity index (χ1n) is 6.13. The van der Waals surface area contributed by atoms with Crippen LogP contribution in [0.25, 0.3) is 11.0 Å². The maximum Gasteiger partial charge on any atom is 0.449 e. The molecule has 0 aliphatic carbocycles. The number of halogens is 6. The molecule has 9 heteroatoms. The lowest BCUT2D eigenvalue weighted by molar-refractivity contribution is -0.144. The first kappa shape index (κ1) is 16.2. The molecule has 0 saturated carbocycles. The minimum Gasteiger partial charge on any atom is -0.454 e. The van der Waals surface area contributed by atoms with Crippen LogP contribution in [0.3, 0.4) is 0 Å². The van der Waals surface area contributed by atoms with Crippen LogP contribution < -0.4 is 4.74 Å². The highest BCUT2D eigenvalue weighted by atomic mass is 35.5. The van der Waals surface area contributed by atoms with Crippen LogP contribution in [0.1, 0.15) is 5.82 Å². The van der Waals surface area contributed by atoms with E-state index in [-0.39, 0.29) is 32.6 Å². The van der Waals surface area contributed by atoms with Gasteiger partial charge in [0, 0.05) is 11.1 Å². The van der Waals surface area contributed by atoms with E-state index in [1.807, 2.05) is 0 Å². The number of nitrogens with zero attached hydrogens (tertiary/aromatic N) is 1. The first-order valence-corrected chi connectivity index (χ1v) is 7.27. The average Bonchev–Trinajstić information content (AvgIpc) is 2.85. The van der Waals surface area contributed by atoms with Crippen molar-refractivity contribution in [2.75, 3.05) is 0 Å². The second-order valence-electron chi connectivity index (χ2n) is 4.56. The Morgan fingerprint density at radius 3 is 2.30 bits per heavy atom. The van der Waals surface area contributed by atoms with Crippen molar-refractivity contribution in [1.29, 1.82) is 0 Å². The van der Waals surface area contributed by atoms with E-state index in [1.165, 1.54) is 24.3 Å². The van der Waals surface area contributed by atoms with Crippen molar-refractivity contribution in [1.82, 2.24) is 9.97 Å². The van der Waals surface area contributed by atoms with E-state index in [2.05, 4.69) is 9.97 Å². The van der Waals surface area contributed by atoms with Gasteiger partial charge in [-0.05, 0) is 24.3 Å². The van der Waals surface area contributed by atoms with Gasteiger partial charge in [-0.15, -0.1) is 0 Å². The molecule has 0 atom stereocenters. The quantitative estimate of drug-likeness (QED) is 0.563. The largest absolute Gasteiger partial charge is 0.454 e. The Labute approximate surface area is 142 Å². The van der Waals surface area contributed by atoms with Gasteiger partial charge < -0.3 is 9.72 Å². The van der Waals surface area contributed by atoms with Gasteiger partial charge in [-0.2, -0.15) is 13.2 Å². The number of ether oxygens (including phenoxy) is 1. The molecule has 1 heterocycles. The van der Waals surface area contributed by atoms with Gasteiger partial charge >= 0.3 is 6.18 Å². The fourth-order valence-corrected chi connectivity index (χ4v) is 2.54. The van der Waals surface area contributed by atoms with E-state index >= 15 is 0 Å². The van der Waals surface area contributed by atoms with Gasteiger partial charge in [0.15, 0.2) is 0 Å². The lowest BCUT2D eigenvalue weighted by Gasteiger charge is -2.09. The molecule has 3 aromatic rings. The minimum absolute atomic E-state index is 0.0804. The predicted molar refractivity (Wildman–Crippen MR) is 82.6 cm³/mol. The van der Waals surface area contributed by atoms with Crippen molar-refractivity contribution in [3.63, 3.8) is 0 Å². The lowest BCUT2D eigenvalue weighted by atomic mass is 10.3. The van der Waals surface area contributed by atoms with Crippen LogP contribution in [-0.4, -0.2) is 9.97 Å². The number of rotatable bonds is 2. The van der Waals surface area contributed by atoms with E-state index < -0.39 is 12.0 Å². The monoisotopic (exact) mass is 380 g/mol. The van der Waals surface area contributed by atoms with E-state index in [1.54, 1.807) is 6.07 Å². The Balaban J connectivity index is 2.02. The number of imidazole rings is 1. The summed E-state index contributed by atoms with van der Waals surface area (Å²) in [5.41, 5.74) is 0.221. The van der Waals surface area contributed by atoms with Gasteiger partial charge in [-0.1, -0.05) is 34.8 Å². The highest BCUT2D eigenvalue weighted by Crippen LogP contribution is 2.37. The van der Waals surface area contributed by atoms with Crippen LogP contribution in [0, 0.1) is 0 Å². The molecule has 3 nitrogen and oxygen atoms in total. The number of benzene rings is 2. The Hall–Kier alpha value is -1.63. The third kappa shape index (κ3) is 3.34. The molecule has 0 radical (unpaired) electrons. The topological polar surface area (TPSA) is 37.9 Å².